The number of esters is 1. The molecule has 118 valence electrons. The van der Waals surface area contributed by atoms with Gasteiger partial charge in [0.2, 0.25) is 0 Å². The maximum Gasteiger partial charge on any atom is 0.338 e. The van der Waals surface area contributed by atoms with Gasteiger partial charge in [-0.25, -0.2) is 9.18 Å². The molecule has 3 rings (SSSR count). The van der Waals surface area contributed by atoms with Crippen molar-refractivity contribution in [2.45, 2.75) is 13.2 Å². The first-order valence-corrected chi connectivity index (χ1v) is 7.29. The summed E-state index contributed by atoms with van der Waals surface area (Å²) in [6, 6.07) is 13.1. The predicted molar refractivity (Wildman–Crippen MR) is 84.5 cm³/mol. The number of rotatable bonds is 5. The molecule has 1 aromatic heterocycles. The molecule has 0 fully saturated rings. The van der Waals surface area contributed by atoms with E-state index in [9.17, 15) is 9.18 Å². The van der Waals surface area contributed by atoms with E-state index < -0.39 is 5.97 Å². The maximum atomic E-state index is 12.8. The van der Waals surface area contributed by atoms with Crippen LogP contribution < -0.4 is 0 Å². The van der Waals surface area contributed by atoms with Crippen molar-refractivity contribution >= 4 is 16.9 Å². The van der Waals surface area contributed by atoms with Crippen LogP contribution in [0.5, 0.6) is 0 Å². The summed E-state index contributed by atoms with van der Waals surface area (Å²) in [6.07, 6.45) is 1.87. The van der Waals surface area contributed by atoms with Crippen LogP contribution in [-0.4, -0.2) is 22.2 Å². The summed E-state index contributed by atoms with van der Waals surface area (Å²) in [5, 5.41) is 10.1. The number of fused-ring (bicyclic) bond motifs is 1. The highest BCUT2D eigenvalue weighted by Crippen LogP contribution is 2.18. The zero-order valence-corrected chi connectivity index (χ0v) is 12.4. The first-order chi connectivity index (χ1) is 11.2. The first kappa shape index (κ1) is 15.2. The Morgan fingerprint density at radius 1 is 1.13 bits per heavy atom. The van der Waals surface area contributed by atoms with E-state index in [1.54, 1.807) is 24.3 Å². The van der Waals surface area contributed by atoms with Crippen molar-refractivity contribution < 1.29 is 19.0 Å². The zero-order chi connectivity index (χ0) is 16.2. The Hall–Kier alpha value is -2.66. The number of halogens is 1. The van der Waals surface area contributed by atoms with Crippen LogP contribution in [0.3, 0.4) is 0 Å². The number of ether oxygens (including phenoxy) is 1. The molecule has 0 saturated carbocycles. The molecule has 0 atom stereocenters. The van der Waals surface area contributed by atoms with E-state index in [0.717, 1.165) is 16.5 Å². The maximum absolute atomic E-state index is 12.8. The van der Waals surface area contributed by atoms with Gasteiger partial charge in [-0.15, -0.1) is 0 Å². The molecule has 0 aliphatic heterocycles. The van der Waals surface area contributed by atoms with Gasteiger partial charge in [0.15, 0.2) is 0 Å². The van der Waals surface area contributed by atoms with Crippen LogP contribution in [0.2, 0.25) is 0 Å². The van der Waals surface area contributed by atoms with E-state index in [1.165, 1.54) is 12.1 Å². The van der Waals surface area contributed by atoms with Crippen LogP contribution in [0.15, 0.2) is 54.7 Å². The van der Waals surface area contributed by atoms with Gasteiger partial charge in [-0.3, -0.25) is 0 Å². The van der Waals surface area contributed by atoms with Crippen LogP contribution in [0.1, 0.15) is 15.9 Å². The molecule has 3 aromatic rings. The number of aliphatic hydroxyl groups excluding tert-OH is 1. The summed E-state index contributed by atoms with van der Waals surface area (Å²) in [5.74, 6) is -0.761. The Labute approximate surface area is 132 Å². The molecule has 0 aliphatic rings. The van der Waals surface area contributed by atoms with Crippen molar-refractivity contribution in [3.8, 4) is 0 Å². The Bertz CT molecular complexity index is 824. The van der Waals surface area contributed by atoms with Gasteiger partial charge in [-0.1, -0.05) is 18.2 Å². The van der Waals surface area contributed by atoms with Crippen molar-refractivity contribution in [2.75, 3.05) is 6.61 Å². The van der Waals surface area contributed by atoms with Crippen molar-refractivity contribution in [3.05, 3.63) is 71.7 Å². The SMILES string of the molecule is O=C(OCc1ccc(F)cc1)c1ccc2ccn(CCO)c2c1. The minimum absolute atomic E-state index is 0.0308. The van der Waals surface area contributed by atoms with Crippen LogP contribution >= 0.6 is 0 Å². The molecule has 0 bridgehead atoms. The number of nitrogens with zero attached hydrogens (tertiary/aromatic N) is 1. The highest BCUT2D eigenvalue weighted by atomic mass is 19.1. The number of aromatic nitrogens is 1. The normalized spacial score (nSPS) is 10.9. The minimum Gasteiger partial charge on any atom is -0.457 e. The van der Waals surface area contributed by atoms with Gasteiger partial charge in [0, 0.05) is 18.3 Å². The molecule has 0 aliphatic carbocycles. The lowest BCUT2D eigenvalue weighted by atomic mass is 10.1. The topological polar surface area (TPSA) is 51.5 Å². The Morgan fingerprint density at radius 2 is 1.91 bits per heavy atom. The largest absolute Gasteiger partial charge is 0.457 e. The summed E-state index contributed by atoms with van der Waals surface area (Å²) >= 11 is 0. The molecule has 23 heavy (non-hydrogen) atoms. The summed E-state index contributed by atoms with van der Waals surface area (Å²) in [6.45, 7) is 0.593. The lowest BCUT2D eigenvalue weighted by molar-refractivity contribution is 0.0473. The number of aliphatic hydroxyl groups is 1. The lowest BCUT2D eigenvalue weighted by Gasteiger charge is -2.07. The van der Waals surface area contributed by atoms with Crippen LogP contribution in [0.4, 0.5) is 4.39 Å². The smallest absolute Gasteiger partial charge is 0.338 e. The fraction of sp³-hybridized carbons (Fsp3) is 0.167. The second-order valence-electron chi connectivity index (χ2n) is 5.21. The molecule has 0 spiro atoms. The standard InChI is InChI=1S/C18H16FNO3/c19-16-5-1-13(2-6-16)12-23-18(22)15-4-3-14-7-8-20(9-10-21)17(14)11-15/h1-8,11,21H,9-10,12H2. The monoisotopic (exact) mass is 313 g/mol. The summed E-state index contributed by atoms with van der Waals surface area (Å²) in [7, 11) is 0. The molecule has 1 N–H and O–H groups in total. The molecular formula is C18H16FNO3. The highest BCUT2D eigenvalue weighted by Gasteiger charge is 2.10. The van der Waals surface area contributed by atoms with E-state index in [2.05, 4.69) is 0 Å². The van der Waals surface area contributed by atoms with Crippen molar-refractivity contribution in [1.29, 1.82) is 0 Å². The lowest BCUT2D eigenvalue weighted by Crippen LogP contribution is -2.06. The van der Waals surface area contributed by atoms with Gasteiger partial charge in [-0.05, 0) is 41.3 Å². The van der Waals surface area contributed by atoms with E-state index in [-0.39, 0.29) is 19.0 Å². The summed E-state index contributed by atoms with van der Waals surface area (Å²) < 4.78 is 20.0. The molecule has 1 heterocycles. The summed E-state index contributed by atoms with van der Waals surface area (Å²) in [4.78, 5) is 12.2. The van der Waals surface area contributed by atoms with E-state index in [1.807, 2.05) is 22.9 Å². The van der Waals surface area contributed by atoms with Gasteiger partial charge in [0.25, 0.3) is 0 Å². The van der Waals surface area contributed by atoms with Gasteiger partial charge in [-0.2, -0.15) is 0 Å². The molecule has 5 heteroatoms. The second-order valence-corrected chi connectivity index (χ2v) is 5.21. The third-order valence-corrected chi connectivity index (χ3v) is 3.63. The number of benzene rings is 2. The summed E-state index contributed by atoms with van der Waals surface area (Å²) in [5.41, 5.74) is 2.04. The Morgan fingerprint density at radius 3 is 2.65 bits per heavy atom. The van der Waals surface area contributed by atoms with Gasteiger partial charge in [0.05, 0.1) is 12.2 Å². The molecule has 0 saturated heterocycles. The highest BCUT2D eigenvalue weighted by molar-refractivity contribution is 5.94. The fourth-order valence-corrected chi connectivity index (χ4v) is 2.43. The quantitative estimate of drug-likeness (QED) is 0.736. The molecule has 0 unspecified atom stereocenters. The molecule has 0 radical (unpaired) electrons. The van der Waals surface area contributed by atoms with Crippen molar-refractivity contribution in [2.24, 2.45) is 0 Å². The second kappa shape index (κ2) is 6.62. The average molecular weight is 313 g/mol. The van der Waals surface area contributed by atoms with Crippen molar-refractivity contribution in [1.82, 2.24) is 4.57 Å². The van der Waals surface area contributed by atoms with Crippen LogP contribution in [-0.2, 0) is 17.9 Å². The minimum atomic E-state index is -0.437. The number of hydrogen-bond donors (Lipinski definition) is 1. The van der Waals surface area contributed by atoms with Crippen LogP contribution in [0.25, 0.3) is 10.9 Å². The fourth-order valence-electron chi connectivity index (χ4n) is 2.43. The molecule has 0 amide bonds. The van der Waals surface area contributed by atoms with Crippen LogP contribution in [0, 0.1) is 5.82 Å². The van der Waals surface area contributed by atoms with Gasteiger partial charge >= 0.3 is 5.97 Å². The number of hydrogen-bond acceptors (Lipinski definition) is 3. The Kier molecular flexibility index (Phi) is 4.39. The van der Waals surface area contributed by atoms with E-state index in [4.69, 9.17) is 9.84 Å². The van der Waals surface area contributed by atoms with E-state index >= 15 is 0 Å². The predicted octanol–water partition coefficient (Wildman–Crippen LogP) is 3.13. The number of carbonyl (C=O) groups is 1. The molecule has 4 nitrogen and oxygen atoms in total. The Balaban J connectivity index is 1.75. The van der Waals surface area contributed by atoms with Crippen molar-refractivity contribution in [3.63, 3.8) is 0 Å². The van der Waals surface area contributed by atoms with Gasteiger partial charge < -0.3 is 14.4 Å². The van der Waals surface area contributed by atoms with Gasteiger partial charge in [0.1, 0.15) is 12.4 Å². The first-order valence-electron chi connectivity index (χ1n) is 7.29. The molecule has 2 aromatic carbocycles. The zero-order valence-electron chi connectivity index (χ0n) is 12.4. The average Bonchev–Trinajstić information content (AvgIpc) is 2.97. The number of carbonyl (C=O) groups excluding carboxylic acids is 1. The molecular weight excluding hydrogens is 297 g/mol. The van der Waals surface area contributed by atoms with E-state index in [0.29, 0.717) is 12.1 Å². The third-order valence-electron chi connectivity index (χ3n) is 3.63. The third kappa shape index (κ3) is 3.40.